The SMILES string of the molecule is CC(C)c1ccc([C@@]2(C)NC(=O)N(CC(=O)Nc3ccc(C(C)(C)C)cc3)C2=O)cc1. The number of benzene rings is 2. The van der Waals surface area contributed by atoms with Crippen LogP contribution in [0.15, 0.2) is 48.5 Å². The van der Waals surface area contributed by atoms with Gasteiger partial charge in [-0.1, -0.05) is 71.0 Å². The van der Waals surface area contributed by atoms with Gasteiger partial charge in [0.2, 0.25) is 5.91 Å². The Morgan fingerprint density at radius 2 is 1.61 bits per heavy atom. The Morgan fingerprint density at radius 1 is 1.03 bits per heavy atom. The van der Waals surface area contributed by atoms with E-state index in [0.29, 0.717) is 17.2 Å². The maximum absolute atomic E-state index is 13.1. The maximum atomic E-state index is 13.1. The number of anilines is 1. The van der Waals surface area contributed by atoms with E-state index in [-0.39, 0.29) is 12.0 Å². The van der Waals surface area contributed by atoms with Crippen LogP contribution >= 0.6 is 0 Å². The number of amides is 4. The van der Waals surface area contributed by atoms with E-state index >= 15 is 0 Å². The number of urea groups is 1. The molecule has 0 spiro atoms. The third-order valence-electron chi connectivity index (χ3n) is 5.77. The van der Waals surface area contributed by atoms with Crippen LogP contribution in [-0.2, 0) is 20.5 Å². The number of imide groups is 1. The van der Waals surface area contributed by atoms with Gasteiger partial charge in [-0.15, -0.1) is 0 Å². The van der Waals surface area contributed by atoms with Crippen molar-refractivity contribution in [3.05, 3.63) is 65.2 Å². The number of nitrogens with zero attached hydrogens (tertiary/aromatic N) is 1. The molecule has 1 heterocycles. The minimum absolute atomic E-state index is 0.0143. The Balaban J connectivity index is 1.70. The standard InChI is InChI=1S/C25H31N3O3/c1-16(2)17-7-9-19(10-8-17)25(6)22(30)28(23(31)27-25)15-21(29)26-20-13-11-18(12-14-20)24(3,4)5/h7-14,16H,15H2,1-6H3,(H,26,29)(H,27,31)/t25-/m1/s1. The molecule has 6 nitrogen and oxygen atoms in total. The zero-order valence-electron chi connectivity index (χ0n) is 19.1. The molecule has 2 aromatic rings. The minimum Gasteiger partial charge on any atom is -0.325 e. The molecule has 6 heteroatoms. The van der Waals surface area contributed by atoms with Gasteiger partial charge in [-0.25, -0.2) is 4.79 Å². The fourth-order valence-corrected chi connectivity index (χ4v) is 3.64. The van der Waals surface area contributed by atoms with Crippen molar-refractivity contribution in [2.24, 2.45) is 0 Å². The van der Waals surface area contributed by atoms with E-state index in [4.69, 9.17) is 0 Å². The molecule has 3 rings (SSSR count). The number of nitrogens with one attached hydrogen (secondary N) is 2. The summed E-state index contributed by atoms with van der Waals surface area (Å²) in [5.41, 5.74) is 2.44. The zero-order chi connectivity index (χ0) is 23.0. The molecule has 0 aliphatic carbocycles. The van der Waals surface area contributed by atoms with E-state index in [1.807, 2.05) is 48.5 Å². The van der Waals surface area contributed by atoms with Crippen molar-refractivity contribution in [3.8, 4) is 0 Å². The number of hydrogen-bond acceptors (Lipinski definition) is 3. The Labute approximate surface area is 184 Å². The Morgan fingerprint density at radius 3 is 2.13 bits per heavy atom. The molecule has 0 unspecified atom stereocenters. The number of rotatable bonds is 5. The predicted molar refractivity (Wildman–Crippen MR) is 122 cm³/mol. The first-order valence-corrected chi connectivity index (χ1v) is 10.6. The normalized spacial score (nSPS) is 19.0. The van der Waals surface area contributed by atoms with Crippen LogP contribution in [0.3, 0.4) is 0 Å². The number of hydrogen-bond donors (Lipinski definition) is 2. The Hall–Kier alpha value is -3.15. The molecule has 164 valence electrons. The lowest BCUT2D eigenvalue weighted by atomic mass is 9.87. The van der Waals surface area contributed by atoms with Gasteiger partial charge in [-0.3, -0.25) is 14.5 Å². The van der Waals surface area contributed by atoms with Crippen molar-refractivity contribution in [1.29, 1.82) is 0 Å². The van der Waals surface area contributed by atoms with E-state index in [1.165, 1.54) is 0 Å². The largest absolute Gasteiger partial charge is 0.325 e. The Kier molecular flexibility index (Phi) is 5.94. The smallest absolute Gasteiger partial charge is 0.325 e. The van der Waals surface area contributed by atoms with Gasteiger partial charge in [-0.05, 0) is 47.1 Å². The lowest BCUT2D eigenvalue weighted by Crippen LogP contribution is -2.42. The summed E-state index contributed by atoms with van der Waals surface area (Å²) in [6.07, 6.45) is 0. The Bertz CT molecular complexity index is 988. The van der Waals surface area contributed by atoms with E-state index < -0.39 is 23.4 Å². The quantitative estimate of drug-likeness (QED) is 0.697. The molecule has 2 N–H and O–H groups in total. The summed E-state index contributed by atoms with van der Waals surface area (Å²) >= 11 is 0. The van der Waals surface area contributed by atoms with Gasteiger partial charge in [0.25, 0.3) is 5.91 Å². The summed E-state index contributed by atoms with van der Waals surface area (Å²) in [5.74, 6) is -0.493. The van der Waals surface area contributed by atoms with Gasteiger partial charge in [0.1, 0.15) is 12.1 Å². The molecular weight excluding hydrogens is 390 g/mol. The first kappa shape index (κ1) is 22.5. The monoisotopic (exact) mass is 421 g/mol. The van der Waals surface area contributed by atoms with Crippen molar-refractivity contribution in [3.63, 3.8) is 0 Å². The lowest BCUT2D eigenvalue weighted by molar-refractivity contribution is -0.133. The van der Waals surface area contributed by atoms with Gasteiger partial charge in [0.15, 0.2) is 0 Å². The van der Waals surface area contributed by atoms with Crippen LogP contribution in [-0.4, -0.2) is 29.3 Å². The molecule has 0 radical (unpaired) electrons. The zero-order valence-corrected chi connectivity index (χ0v) is 19.1. The van der Waals surface area contributed by atoms with E-state index in [9.17, 15) is 14.4 Å². The predicted octanol–water partition coefficient (Wildman–Crippen LogP) is 4.51. The molecule has 0 aromatic heterocycles. The van der Waals surface area contributed by atoms with E-state index in [1.54, 1.807) is 6.92 Å². The summed E-state index contributed by atoms with van der Waals surface area (Å²) in [4.78, 5) is 39.1. The van der Waals surface area contributed by atoms with Crippen LogP contribution in [0.5, 0.6) is 0 Å². The van der Waals surface area contributed by atoms with E-state index in [2.05, 4.69) is 45.3 Å². The highest BCUT2D eigenvalue weighted by Gasteiger charge is 2.49. The first-order chi connectivity index (χ1) is 14.4. The maximum Gasteiger partial charge on any atom is 0.325 e. The third-order valence-corrected chi connectivity index (χ3v) is 5.77. The molecule has 1 fully saturated rings. The van der Waals surface area contributed by atoms with Crippen LogP contribution in [0.4, 0.5) is 10.5 Å². The topological polar surface area (TPSA) is 78.5 Å². The van der Waals surface area contributed by atoms with Gasteiger partial charge in [0.05, 0.1) is 0 Å². The second-order valence-corrected chi connectivity index (χ2v) is 9.60. The fraction of sp³-hybridized carbons (Fsp3) is 0.400. The van der Waals surface area contributed by atoms with Crippen LogP contribution in [0.25, 0.3) is 0 Å². The summed E-state index contributed by atoms with van der Waals surface area (Å²) < 4.78 is 0. The van der Waals surface area contributed by atoms with Gasteiger partial charge in [-0.2, -0.15) is 0 Å². The van der Waals surface area contributed by atoms with Crippen LogP contribution in [0, 0.1) is 0 Å². The number of carbonyl (C=O) groups is 3. The molecule has 2 aromatic carbocycles. The van der Waals surface area contributed by atoms with Crippen LogP contribution < -0.4 is 10.6 Å². The summed E-state index contributed by atoms with van der Waals surface area (Å²) in [7, 11) is 0. The highest BCUT2D eigenvalue weighted by atomic mass is 16.2. The van der Waals surface area contributed by atoms with Crippen molar-refractivity contribution in [2.45, 2.75) is 58.4 Å². The molecule has 1 atom stereocenters. The lowest BCUT2D eigenvalue weighted by Gasteiger charge is -2.23. The van der Waals surface area contributed by atoms with Crippen molar-refractivity contribution < 1.29 is 14.4 Å². The van der Waals surface area contributed by atoms with Crippen molar-refractivity contribution in [1.82, 2.24) is 10.2 Å². The van der Waals surface area contributed by atoms with Crippen LogP contribution in [0.1, 0.15) is 64.2 Å². The van der Waals surface area contributed by atoms with Crippen LogP contribution in [0.2, 0.25) is 0 Å². The molecule has 0 saturated carbocycles. The minimum atomic E-state index is -1.19. The van der Waals surface area contributed by atoms with Gasteiger partial charge >= 0.3 is 6.03 Å². The van der Waals surface area contributed by atoms with Crippen molar-refractivity contribution in [2.75, 3.05) is 11.9 Å². The van der Waals surface area contributed by atoms with Gasteiger partial charge in [0, 0.05) is 5.69 Å². The summed E-state index contributed by atoms with van der Waals surface area (Å²) in [6, 6.07) is 14.6. The molecule has 0 bridgehead atoms. The summed E-state index contributed by atoms with van der Waals surface area (Å²) in [5, 5.41) is 5.51. The first-order valence-electron chi connectivity index (χ1n) is 10.6. The second-order valence-electron chi connectivity index (χ2n) is 9.60. The van der Waals surface area contributed by atoms with E-state index in [0.717, 1.165) is 16.0 Å². The van der Waals surface area contributed by atoms with Gasteiger partial charge < -0.3 is 10.6 Å². The second kappa shape index (κ2) is 8.17. The molecule has 1 saturated heterocycles. The van der Waals surface area contributed by atoms with Crippen molar-refractivity contribution >= 4 is 23.5 Å². The molecule has 4 amide bonds. The average molecular weight is 422 g/mol. The molecular formula is C25H31N3O3. The highest BCUT2D eigenvalue weighted by molar-refractivity contribution is 6.10. The average Bonchev–Trinajstić information content (AvgIpc) is 2.91. The fourth-order valence-electron chi connectivity index (χ4n) is 3.64. The molecule has 1 aliphatic rings. The molecule has 1 aliphatic heterocycles. The number of carbonyl (C=O) groups excluding carboxylic acids is 3. The molecule has 31 heavy (non-hydrogen) atoms. The summed E-state index contributed by atoms with van der Waals surface area (Å²) in [6.45, 7) is 11.9. The highest BCUT2D eigenvalue weighted by Crippen LogP contribution is 2.30. The third kappa shape index (κ3) is 4.63.